The topological polar surface area (TPSA) is 86.8 Å². The molecule has 1 aliphatic carbocycles. The summed E-state index contributed by atoms with van der Waals surface area (Å²) < 4.78 is 40.8. The minimum absolute atomic E-state index is 0.0723. The number of rotatable bonds is 6. The number of nitrogens with zero attached hydrogens (tertiary/aromatic N) is 1. The molecule has 1 fully saturated rings. The van der Waals surface area contributed by atoms with Gasteiger partial charge in [-0.3, -0.25) is 9.59 Å². The highest BCUT2D eigenvalue weighted by Crippen LogP contribution is 2.52. The first kappa shape index (κ1) is 20.9. The zero-order valence-electron chi connectivity index (χ0n) is 17.4. The van der Waals surface area contributed by atoms with Crippen molar-refractivity contribution >= 4 is 17.5 Å². The number of carbonyl (C=O) groups is 2. The Labute approximate surface area is 187 Å². The van der Waals surface area contributed by atoms with Crippen LogP contribution < -0.4 is 19.5 Å². The van der Waals surface area contributed by atoms with Crippen molar-refractivity contribution in [3.05, 3.63) is 77.5 Å². The molecule has 1 saturated carbocycles. The Balaban J connectivity index is 1.31. The Morgan fingerprint density at radius 2 is 1.79 bits per heavy atom. The summed E-state index contributed by atoms with van der Waals surface area (Å²) in [5, 5.41) is 2.75. The average molecular weight is 452 g/mol. The zero-order chi connectivity index (χ0) is 23.2. The SMILES string of the molecule is COc1ccccc1C(=O)c1ccc(NC(=O)C2(c3ccc4c(c3)OC(F)(F)O4)CC2)nc1. The summed E-state index contributed by atoms with van der Waals surface area (Å²) in [7, 11) is 1.49. The first-order valence-corrected chi connectivity index (χ1v) is 10.2. The van der Waals surface area contributed by atoms with Crippen molar-refractivity contribution in [3.8, 4) is 17.2 Å². The molecule has 1 N–H and O–H groups in total. The zero-order valence-corrected chi connectivity index (χ0v) is 17.4. The molecular weight excluding hydrogens is 434 g/mol. The summed E-state index contributed by atoms with van der Waals surface area (Å²) in [6.07, 6.45) is -1.22. The maximum Gasteiger partial charge on any atom is 0.586 e. The fraction of sp³-hybridized carbons (Fsp3) is 0.208. The van der Waals surface area contributed by atoms with Gasteiger partial charge >= 0.3 is 6.29 Å². The van der Waals surface area contributed by atoms with Gasteiger partial charge in [-0.15, -0.1) is 8.78 Å². The van der Waals surface area contributed by atoms with Crippen LogP contribution in [0.4, 0.5) is 14.6 Å². The number of hydrogen-bond acceptors (Lipinski definition) is 6. The maximum atomic E-state index is 13.3. The molecule has 3 aromatic rings. The van der Waals surface area contributed by atoms with Crippen LogP contribution in [0.2, 0.25) is 0 Å². The lowest BCUT2D eigenvalue weighted by molar-refractivity contribution is -0.286. The van der Waals surface area contributed by atoms with Crippen molar-refractivity contribution < 1.29 is 32.6 Å². The van der Waals surface area contributed by atoms with E-state index in [1.807, 2.05) is 0 Å². The molecule has 33 heavy (non-hydrogen) atoms. The van der Waals surface area contributed by atoms with Gasteiger partial charge in [-0.2, -0.15) is 0 Å². The molecule has 1 aromatic heterocycles. The van der Waals surface area contributed by atoms with E-state index in [9.17, 15) is 18.4 Å². The summed E-state index contributed by atoms with van der Waals surface area (Å²) in [6.45, 7) is 0. The summed E-state index contributed by atoms with van der Waals surface area (Å²) >= 11 is 0. The molecule has 2 heterocycles. The number of ketones is 1. The third-order valence-corrected chi connectivity index (χ3v) is 5.76. The number of amides is 1. The molecule has 0 radical (unpaired) electrons. The monoisotopic (exact) mass is 452 g/mol. The van der Waals surface area contributed by atoms with Gasteiger partial charge in [-0.25, -0.2) is 4.98 Å². The minimum atomic E-state index is -3.72. The lowest BCUT2D eigenvalue weighted by Gasteiger charge is -2.16. The van der Waals surface area contributed by atoms with E-state index < -0.39 is 11.7 Å². The van der Waals surface area contributed by atoms with Gasteiger partial charge in [-0.05, 0) is 54.8 Å². The van der Waals surface area contributed by atoms with Gasteiger partial charge in [0, 0.05) is 11.8 Å². The minimum Gasteiger partial charge on any atom is -0.496 e. The molecule has 2 aliphatic rings. The first-order valence-electron chi connectivity index (χ1n) is 10.2. The Kier molecular flexibility index (Phi) is 4.77. The number of methoxy groups -OCH3 is 1. The van der Waals surface area contributed by atoms with E-state index in [-0.39, 0.29) is 29.0 Å². The van der Waals surface area contributed by atoms with Crippen molar-refractivity contribution in [1.82, 2.24) is 4.98 Å². The second kappa shape index (κ2) is 7.54. The molecule has 0 unspecified atom stereocenters. The number of benzene rings is 2. The molecule has 9 heteroatoms. The molecule has 1 amide bonds. The van der Waals surface area contributed by atoms with Crippen LogP contribution in [0.25, 0.3) is 0 Å². The van der Waals surface area contributed by atoms with Gasteiger partial charge in [0.25, 0.3) is 0 Å². The average Bonchev–Trinajstić information content (AvgIpc) is 3.56. The number of halogens is 2. The molecule has 1 aliphatic heterocycles. The number of ether oxygens (including phenoxy) is 3. The maximum absolute atomic E-state index is 13.3. The van der Waals surface area contributed by atoms with Crippen LogP contribution in [0.1, 0.15) is 34.3 Å². The van der Waals surface area contributed by atoms with Crippen LogP contribution in [0.15, 0.2) is 60.8 Å². The van der Waals surface area contributed by atoms with Crippen LogP contribution in [0, 0.1) is 0 Å². The lowest BCUT2D eigenvalue weighted by Crippen LogP contribution is -2.28. The first-order chi connectivity index (χ1) is 15.8. The number of fused-ring (bicyclic) bond motifs is 1. The number of nitrogens with one attached hydrogen (secondary N) is 1. The molecule has 0 bridgehead atoms. The molecule has 2 aromatic carbocycles. The molecule has 0 saturated heterocycles. The van der Waals surface area contributed by atoms with Gasteiger partial charge in [0.15, 0.2) is 17.3 Å². The second-order valence-electron chi connectivity index (χ2n) is 7.83. The predicted molar refractivity (Wildman–Crippen MR) is 113 cm³/mol. The normalized spacial score (nSPS) is 16.7. The van der Waals surface area contributed by atoms with Crippen LogP contribution >= 0.6 is 0 Å². The third-order valence-electron chi connectivity index (χ3n) is 5.76. The van der Waals surface area contributed by atoms with Gasteiger partial charge in [0.1, 0.15) is 11.6 Å². The van der Waals surface area contributed by atoms with Gasteiger partial charge in [-0.1, -0.05) is 18.2 Å². The van der Waals surface area contributed by atoms with E-state index in [4.69, 9.17) is 4.74 Å². The van der Waals surface area contributed by atoms with Crippen molar-refractivity contribution in [2.24, 2.45) is 0 Å². The Morgan fingerprint density at radius 1 is 1.03 bits per heavy atom. The van der Waals surface area contributed by atoms with Crippen LogP contribution in [-0.4, -0.2) is 30.1 Å². The fourth-order valence-electron chi connectivity index (χ4n) is 3.84. The van der Waals surface area contributed by atoms with Crippen LogP contribution in [0.3, 0.4) is 0 Å². The molecular formula is C24H18F2N2O5. The largest absolute Gasteiger partial charge is 0.586 e. The number of para-hydroxylation sites is 1. The molecule has 7 nitrogen and oxygen atoms in total. The third kappa shape index (κ3) is 3.75. The number of alkyl halides is 2. The van der Waals surface area contributed by atoms with Crippen molar-refractivity contribution in [2.75, 3.05) is 12.4 Å². The van der Waals surface area contributed by atoms with E-state index in [0.29, 0.717) is 35.3 Å². The van der Waals surface area contributed by atoms with Crippen LogP contribution in [0.5, 0.6) is 17.2 Å². The number of carbonyl (C=O) groups excluding carboxylic acids is 2. The van der Waals surface area contributed by atoms with Gasteiger partial charge in [0.05, 0.1) is 18.1 Å². The van der Waals surface area contributed by atoms with Crippen LogP contribution in [-0.2, 0) is 10.2 Å². The lowest BCUT2D eigenvalue weighted by atomic mass is 9.94. The highest BCUT2D eigenvalue weighted by molar-refractivity contribution is 6.10. The molecule has 0 atom stereocenters. The highest BCUT2D eigenvalue weighted by atomic mass is 19.3. The van der Waals surface area contributed by atoms with E-state index in [1.165, 1.54) is 31.5 Å². The van der Waals surface area contributed by atoms with Gasteiger partial charge < -0.3 is 19.5 Å². The van der Waals surface area contributed by atoms with Crippen molar-refractivity contribution in [1.29, 1.82) is 0 Å². The molecule has 5 rings (SSSR count). The standard InChI is InChI=1S/C24H18F2N2O5/c1-31-17-5-3-2-4-16(17)21(29)14-6-9-20(27-13-14)28-22(30)23(10-11-23)15-7-8-18-19(12-15)33-24(25,26)32-18/h2-9,12-13H,10-11H2,1H3,(H,27,28,30). The summed E-state index contributed by atoms with van der Waals surface area (Å²) in [4.78, 5) is 30.0. The molecule has 0 spiro atoms. The Bertz CT molecular complexity index is 1260. The van der Waals surface area contributed by atoms with Crippen molar-refractivity contribution in [3.63, 3.8) is 0 Å². The number of hydrogen-bond donors (Lipinski definition) is 1. The summed E-state index contributed by atoms with van der Waals surface area (Å²) in [5.74, 6) is -0.0175. The summed E-state index contributed by atoms with van der Waals surface area (Å²) in [5.41, 5.74) is 0.450. The van der Waals surface area contributed by atoms with Gasteiger partial charge in [0.2, 0.25) is 5.91 Å². The second-order valence-corrected chi connectivity index (χ2v) is 7.83. The Morgan fingerprint density at radius 3 is 2.48 bits per heavy atom. The van der Waals surface area contributed by atoms with Crippen molar-refractivity contribution in [2.45, 2.75) is 24.6 Å². The van der Waals surface area contributed by atoms with E-state index in [0.717, 1.165) is 0 Å². The number of aromatic nitrogens is 1. The smallest absolute Gasteiger partial charge is 0.496 e. The van der Waals surface area contributed by atoms with E-state index in [2.05, 4.69) is 19.8 Å². The summed E-state index contributed by atoms with van der Waals surface area (Å²) in [6, 6.07) is 14.3. The predicted octanol–water partition coefficient (Wildman–Crippen LogP) is 4.31. The molecule has 168 valence electrons. The highest BCUT2D eigenvalue weighted by Gasteiger charge is 2.52. The quantitative estimate of drug-likeness (QED) is 0.561. The number of anilines is 1. The fourth-order valence-corrected chi connectivity index (χ4v) is 3.84. The number of pyridine rings is 1. The van der Waals surface area contributed by atoms with E-state index in [1.54, 1.807) is 36.4 Å². The van der Waals surface area contributed by atoms with E-state index >= 15 is 0 Å². The Hall–Kier alpha value is -4.01.